The van der Waals surface area contributed by atoms with Crippen LogP contribution in [0.4, 0.5) is 5.69 Å². The molecule has 1 rings (SSSR count). The van der Waals surface area contributed by atoms with Crippen molar-refractivity contribution in [2.45, 2.75) is 6.42 Å². The molecule has 7 nitrogen and oxygen atoms in total. The molecule has 0 aromatic heterocycles. The van der Waals surface area contributed by atoms with E-state index < -0.39 is 17.3 Å². The van der Waals surface area contributed by atoms with Crippen LogP contribution in [0.5, 0.6) is 5.75 Å². The van der Waals surface area contributed by atoms with E-state index in [1.165, 1.54) is 13.2 Å². The highest BCUT2D eigenvalue weighted by molar-refractivity contribution is 5.83. The van der Waals surface area contributed by atoms with Gasteiger partial charge < -0.3 is 9.84 Å². The van der Waals surface area contributed by atoms with Crippen molar-refractivity contribution in [3.05, 3.63) is 33.4 Å². The van der Waals surface area contributed by atoms with Crippen LogP contribution in [0, 0.1) is 10.1 Å². The van der Waals surface area contributed by atoms with E-state index in [4.69, 9.17) is 9.84 Å². The molecule has 0 heterocycles. The van der Waals surface area contributed by atoms with E-state index in [0.717, 1.165) is 6.07 Å². The van der Waals surface area contributed by atoms with E-state index in [1.807, 2.05) is 0 Å². The number of aliphatic carboxylic acids is 1. The second-order valence-electron chi connectivity index (χ2n) is 3.17. The lowest BCUT2D eigenvalue weighted by Gasteiger charge is -2.06. The summed E-state index contributed by atoms with van der Waals surface area (Å²) in [6, 6.07) is 2.19. The van der Waals surface area contributed by atoms with Gasteiger partial charge in [0.05, 0.1) is 18.5 Å². The normalized spacial score (nSPS) is 9.71. The number of nitro groups is 1. The number of nitrogens with zero attached hydrogens (tertiary/aromatic N) is 1. The van der Waals surface area contributed by atoms with Crippen LogP contribution < -0.4 is 4.74 Å². The van der Waals surface area contributed by atoms with E-state index in [9.17, 15) is 19.7 Å². The number of ether oxygens (including phenoxy) is 1. The number of hydrogen-bond acceptors (Lipinski definition) is 5. The van der Waals surface area contributed by atoms with Gasteiger partial charge in [-0.25, -0.2) is 0 Å². The molecule has 0 unspecified atom stereocenters. The van der Waals surface area contributed by atoms with E-state index in [2.05, 4.69) is 0 Å². The maximum atomic E-state index is 10.7. The van der Waals surface area contributed by atoms with E-state index in [-0.39, 0.29) is 22.6 Å². The molecule has 0 fully saturated rings. The number of hydrogen-bond donors (Lipinski definition) is 1. The third-order valence-electron chi connectivity index (χ3n) is 2.11. The molecule has 7 heteroatoms. The monoisotopic (exact) mass is 239 g/mol. The maximum absolute atomic E-state index is 10.7. The first-order chi connectivity index (χ1) is 7.99. The van der Waals surface area contributed by atoms with Crippen LogP contribution in [0.3, 0.4) is 0 Å². The second kappa shape index (κ2) is 5.06. The minimum atomic E-state index is -1.14. The summed E-state index contributed by atoms with van der Waals surface area (Å²) in [6.07, 6.45) is -0.0207. The van der Waals surface area contributed by atoms with Gasteiger partial charge in [0.25, 0.3) is 0 Å². The molecule has 0 aliphatic rings. The molecule has 0 aliphatic carbocycles. The highest BCUT2D eigenvalue weighted by atomic mass is 16.6. The lowest BCUT2D eigenvalue weighted by molar-refractivity contribution is -0.385. The predicted octanol–water partition coefficient (Wildman–Crippen LogP) is 1.04. The molecule has 90 valence electrons. The van der Waals surface area contributed by atoms with Crippen LogP contribution in [-0.4, -0.2) is 29.4 Å². The lowest BCUT2D eigenvalue weighted by atomic mass is 10.0. The van der Waals surface area contributed by atoms with Crippen LogP contribution in [-0.2, 0) is 11.2 Å². The lowest BCUT2D eigenvalue weighted by Crippen LogP contribution is -2.05. The van der Waals surface area contributed by atoms with Crippen molar-refractivity contribution < 1.29 is 24.4 Å². The van der Waals surface area contributed by atoms with Crippen molar-refractivity contribution in [3.8, 4) is 5.75 Å². The number of rotatable bonds is 5. The molecule has 1 N–H and O–H groups in total. The largest absolute Gasteiger partial charge is 0.490 e. The summed E-state index contributed by atoms with van der Waals surface area (Å²) >= 11 is 0. The third kappa shape index (κ3) is 2.77. The van der Waals surface area contributed by atoms with Crippen LogP contribution in [0.1, 0.15) is 15.9 Å². The number of carboxylic acid groups (broad SMARTS) is 1. The Labute approximate surface area is 95.8 Å². The zero-order valence-corrected chi connectivity index (χ0v) is 8.87. The summed E-state index contributed by atoms with van der Waals surface area (Å²) in [4.78, 5) is 31.3. The molecule has 0 aliphatic heterocycles. The number of methoxy groups -OCH3 is 1. The van der Waals surface area contributed by atoms with Gasteiger partial charge in [-0.15, -0.1) is 0 Å². The van der Waals surface area contributed by atoms with Gasteiger partial charge in [0.15, 0.2) is 12.0 Å². The Balaban J connectivity index is 3.37. The zero-order valence-electron chi connectivity index (χ0n) is 8.87. The number of carbonyl (C=O) groups excluding carboxylic acids is 1. The molecule has 0 bridgehead atoms. The second-order valence-corrected chi connectivity index (χ2v) is 3.17. The molecule has 0 radical (unpaired) electrons. The molecular weight excluding hydrogens is 230 g/mol. The number of benzene rings is 1. The number of aldehydes is 1. The fourth-order valence-corrected chi connectivity index (χ4v) is 1.36. The zero-order chi connectivity index (χ0) is 13.0. The Morgan fingerprint density at radius 1 is 1.59 bits per heavy atom. The topological polar surface area (TPSA) is 107 Å². The van der Waals surface area contributed by atoms with Crippen LogP contribution >= 0.6 is 0 Å². The van der Waals surface area contributed by atoms with Gasteiger partial charge in [-0.1, -0.05) is 0 Å². The van der Waals surface area contributed by atoms with Crippen molar-refractivity contribution in [1.82, 2.24) is 0 Å². The Morgan fingerprint density at radius 2 is 2.24 bits per heavy atom. The quantitative estimate of drug-likeness (QED) is 0.467. The summed E-state index contributed by atoms with van der Waals surface area (Å²) in [5.41, 5.74) is -0.224. The molecule has 0 atom stereocenters. The van der Waals surface area contributed by atoms with Gasteiger partial charge in [-0.2, -0.15) is 0 Å². The SMILES string of the molecule is COc1cc(CC(=O)O)c(C=O)cc1[N+](=O)[O-]. The number of nitro benzene ring substituents is 1. The van der Waals surface area contributed by atoms with Crippen LogP contribution in [0.15, 0.2) is 12.1 Å². The van der Waals surface area contributed by atoms with Gasteiger partial charge in [0.2, 0.25) is 0 Å². The van der Waals surface area contributed by atoms with E-state index in [0.29, 0.717) is 6.29 Å². The first-order valence-electron chi connectivity index (χ1n) is 4.52. The van der Waals surface area contributed by atoms with E-state index >= 15 is 0 Å². The van der Waals surface area contributed by atoms with Gasteiger partial charge in [0.1, 0.15) is 0 Å². The maximum Gasteiger partial charge on any atom is 0.311 e. The molecule has 0 saturated heterocycles. The Morgan fingerprint density at radius 3 is 2.65 bits per heavy atom. The molecule has 0 saturated carbocycles. The minimum absolute atomic E-state index is 0.0279. The first kappa shape index (κ1) is 12.6. The number of carboxylic acids is 1. The van der Waals surface area contributed by atoms with Crippen LogP contribution in [0.2, 0.25) is 0 Å². The highest BCUT2D eigenvalue weighted by Crippen LogP contribution is 2.30. The average molecular weight is 239 g/mol. The molecule has 17 heavy (non-hydrogen) atoms. The van der Waals surface area contributed by atoms with E-state index in [1.54, 1.807) is 0 Å². The Hall–Kier alpha value is -2.44. The Kier molecular flexibility index (Phi) is 3.76. The summed E-state index contributed by atoms with van der Waals surface area (Å²) in [5, 5.41) is 19.3. The van der Waals surface area contributed by atoms with Gasteiger partial charge in [-0.05, 0) is 11.6 Å². The smallest absolute Gasteiger partial charge is 0.311 e. The fraction of sp³-hybridized carbons (Fsp3) is 0.200. The van der Waals surface area contributed by atoms with Crippen molar-refractivity contribution in [1.29, 1.82) is 0 Å². The summed E-state index contributed by atoms with van der Waals surface area (Å²) in [7, 11) is 1.23. The summed E-state index contributed by atoms with van der Waals surface area (Å²) in [5.74, 6) is -1.21. The average Bonchev–Trinajstić information content (AvgIpc) is 2.27. The minimum Gasteiger partial charge on any atom is -0.490 e. The van der Waals surface area contributed by atoms with Crippen LogP contribution in [0.25, 0.3) is 0 Å². The van der Waals surface area contributed by atoms with Crippen molar-refractivity contribution in [2.24, 2.45) is 0 Å². The molecule has 1 aromatic carbocycles. The standard InChI is InChI=1S/C10H9NO6/c1-17-9-3-6(4-10(13)14)7(5-12)2-8(9)11(15)16/h2-3,5H,4H2,1H3,(H,13,14). The fourth-order valence-electron chi connectivity index (χ4n) is 1.36. The molecule has 0 amide bonds. The molecule has 0 spiro atoms. The van der Waals surface area contributed by atoms with Gasteiger partial charge >= 0.3 is 11.7 Å². The molecule has 1 aromatic rings. The van der Waals surface area contributed by atoms with Crippen molar-refractivity contribution in [3.63, 3.8) is 0 Å². The van der Waals surface area contributed by atoms with Crippen molar-refractivity contribution in [2.75, 3.05) is 7.11 Å². The summed E-state index contributed by atoms with van der Waals surface area (Å²) in [6.45, 7) is 0. The van der Waals surface area contributed by atoms with Crippen molar-refractivity contribution >= 4 is 17.9 Å². The molecular formula is C10H9NO6. The highest BCUT2D eigenvalue weighted by Gasteiger charge is 2.19. The first-order valence-corrected chi connectivity index (χ1v) is 4.52. The Bertz CT molecular complexity index is 482. The third-order valence-corrected chi connectivity index (χ3v) is 2.11. The number of carbonyl (C=O) groups is 2. The summed E-state index contributed by atoms with van der Waals surface area (Å²) < 4.78 is 4.78. The van der Waals surface area contributed by atoms with Gasteiger partial charge in [0, 0.05) is 11.6 Å². The predicted molar refractivity (Wildman–Crippen MR) is 56.4 cm³/mol. The van der Waals surface area contributed by atoms with Gasteiger partial charge in [-0.3, -0.25) is 19.7 Å².